The van der Waals surface area contributed by atoms with E-state index in [2.05, 4.69) is 25.1 Å². The average Bonchev–Trinajstić information content (AvgIpc) is 3.53. The monoisotopic (exact) mass is 375 g/mol. The summed E-state index contributed by atoms with van der Waals surface area (Å²) in [4.78, 5) is 4.54. The number of ether oxygens (including phenoxy) is 2. The van der Waals surface area contributed by atoms with Gasteiger partial charge in [0.15, 0.2) is 11.5 Å². The summed E-state index contributed by atoms with van der Waals surface area (Å²) in [5, 5.41) is 12.9. The zero-order chi connectivity index (χ0) is 18.5. The molecule has 1 saturated carbocycles. The summed E-state index contributed by atoms with van der Waals surface area (Å²) in [5.74, 6) is 2.36. The molecule has 140 valence electrons. The number of hydrogen-bond acceptors (Lipinski definition) is 7. The van der Waals surface area contributed by atoms with Crippen molar-refractivity contribution in [1.82, 2.24) is 25.1 Å². The number of aromatic nitrogens is 5. The van der Waals surface area contributed by atoms with E-state index in [-0.39, 0.29) is 6.79 Å². The highest BCUT2D eigenvalue weighted by Crippen LogP contribution is 2.36. The van der Waals surface area contributed by atoms with Gasteiger partial charge in [0, 0.05) is 11.1 Å². The normalized spacial score (nSPS) is 16.3. The maximum Gasteiger partial charge on any atom is 0.258 e. The molecule has 4 aromatic rings. The lowest BCUT2D eigenvalue weighted by molar-refractivity contribution is 0.174. The summed E-state index contributed by atoms with van der Waals surface area (Å²) >= 11 is 0. The van der Waals surface area contributed by atoms with Gasteiger partial charge in [-0.1, -0.05) is 23.2 Å². The fourth-order valence-corrected chi connectivity index (χ4v) is 3.99. The van der Waals surface area contributed by atoms with E-state index in [1.165, 1.54) is 25.7 Å². The molecule has 3 heterocycles. The molecule has 8 heteroatoms. The minimum Gasteiger partial charge on any atom is -0.454 e. The topological polar surface area (TPSA) is 88.1 Å². The molecule has 0 N–H and O–H groups in total. The van der Waals surface area contributed by atoms with Gasteiger partial charge in [0.25, 0.3) is 5.89 Å². The Labute approximate surface area is 160 Å². The molecule has 8 nitrogen and oxygen atoms in total. The molecule has 1 aliphatic carbocycles. The zero-order valence-electron chi connectivity index (χ0n) is 15.0. The molecule has 0 unspecified atom stereocenters. The standard InChI is InChI=1S/C20H17N5O3/c1-2-4-14(3-1)25-16-7-5-12(9-15(16)22-24-25)19-21-20(28-23-19)13-6-8-17-18(10-13)27-11-26-17/h5-10,14H,1-4,11H2. The molecule has 6 rings (SSSR count). The van der Waals surface area contributed by atoms with Crippen LogP contribution in [0.3, 0.4) is 0 Å². The van der Waals surface area contributed by atoms with Crippen molar-refractivity contribution in [3.8, 4) is 34.3 Å². The van der Waals surface area contributed by atoms with Gasteiger partial charge in [-0.3, -0.25) is 0 Å². The molecule has 0 bridgehead atoms. The Morgan fingerprint density at radius 2 is 1.79 bits per heavy atom. The average molecular weight is 375 g/mol. The van der Waals surface area contributed by atoms with Crippen molar-refractivity contribution in [3.63, 3.8) is 0 Å². The maximum atomic E-state index is 5.46. The van der Waals surface area contributed by atoms with Crippen molar-refractivity contribution in [1.29, 1.82) is 0 Å². The number of benzene rings is 2. The summed E-state index contributed by atoms with van der Waals surface area (Å²) < 4.78 is 18.3. The second kappa shape index (κ2) is 6.05. The molecule has 2 aromatic carbocycles. The van der Waals surface area contributed by atoms with E-state index in [0.717, 1.165) is 27.9 Å². The van der Waals surface area contributed by atoms with E-state index in [1.807, 2.05) is 36.4 Å². The van der Waals surface area contributed by atoms with Gasteiger partial charge in [0.05, 0.1) is 11.6 Å². The molecule has 0 amide bonds. The first-order chi connectivity index (χ1) is 13.8. The van der Waals surface area contributed by atoms with Crippen molar-refractivity contribution in [3.05, 3.63) is 36.4 Å². The van der Waals surface area contributed by atoms with Crippen molar-refractivity contribution >= 4 is 11.0 Å². The Morgan fingerprint density at radius 3 is 2.71 bits per heavy atom. The third kappa shape index (κ3) is 2.45. The summed E-state index contributed by atoms with van der Waals surface area (Å²) in [6, 6.07) is 12.0. The highest BCUT2D eigenvalue weighted by atomic mass is 16.7. The van der Waals surface area contributed by atoms with E-state index in [0.29, 0.717) is 23.5 Å². The van der Waals surface area contributed by atoms with Crippen LogP contribution in [0.4, 0.5) is 0 Å². The lowest BCUT2D eigenvalue weighted by Gasteiger charge is -2.09. The first-order valence-electron chi connectivity index (χ1n) is 9.44. The molecule has 2 aromatic heterocycles. The highest BCUT2D eigenvalue weighted by molar-refractivity contribution is 5.80. The quantitative estimate of drug-likeness (QED) is 0.535. The van der Waals surface area contributed by atoms with Crippen LogP contribution in [0.15, 0.2) is 40.9 Å². The summed E-state index contributed by atoms with van der Waals surface area (Å²) in [7, 11) is 0. The van der Waals surface area contributed by atoms with Crippen LogP contribution < -0.4 is 9.47 Å². The van der Waals surface area contributed by atoms with Gasteiger partial charge in [0.1, 0.15) is 5.52 Å². The van der Waals surface area contributed by atoms with Gasteiger partial charge in [-0.25, -0.2) is 4.68 Å². The molecule has 0 spiro atoms. The Bertz CT molecular complexity index is 1180. The lowest BCUT2D eigenvalue weighted by Crippen LogP contribution is -2.06. The Hall–Kier alpha value is -3.42. The predicted molar refractivity (Wildman–Crippen MR) is 99.9 cm³/mol. The molecule has 28 heavy (non-hydrogen) atoms. The van der Waals surface area contributed by atoms with Gasteiger partial charge >= 0.3 is 0 Å². The molecule has 0 atom stereocenters. The summed E-state index contributed by atoms with van der Waals surface area (Å²) in [5.41, 5.74) is 3.53. The number of fused-ring (bicyclic) bond motifs is 2. The van der Waals surface area contributed by atoms with Crippen molar-refractivity contribution in [2.24, 2.45) is 0 Å². The smallest absolute Gasteiger partial charge is 0.258 e. The SMILES string of the molecule is c1cc2c(cc1-c1noc(-c3ccc4c(c3)OCO4)n1)nnn2C1CCCC1. The van der Waals surface area contributed by atoms with Crippen LogP contribution in [-0.2, 0) is 0 Å². The fraction of sp³-hybridized carbons (Fsp3) is 0.300. The van der Waals surface area contributed by atoms with Crippen molar-refractivity contribution in [2.45, 2.75) is 31.7 Å². The first kappa shape index (κ1) is 15.6. The van der Waals surface area contributed by atoms with Gasteiger partial charge in [-0.15, -0.1) is 5.10 Å². The molecular formula is C20H17N5O3. The molecule has 2 aliphatic rings. The molecule has 0 saturated heterocycles. The molecular weight excluding hydrogens is 358 g/mol. The Morgan fingerprint density at radius 1 is 0.929 bits per heavy atom. The lowest BCUT2D eigenvalue weighted by atomic mass is 10.1. The van der Waals surface area contributed by atoms with Gasteiger partial charge in [0.2, 0.25) is 12.6 Å². The predicted octanol–water partition coefficient (Wildman–Crippen LogP) is 3.99. The van der Waals surface area contributed by atoms with E-state index in [4.69, 9.17) is 14.0 Å². The van der Waals surface area contributed by atoms with E-state index < -0.39 is 0 Å². The van der Waals surface area contributed by atoms with E-state index in [9.17, 15) is 0 Å². The van der Waals surface area contributed by atoms with Gasteiger partial charge in [-0.2, -0.15) is 4.98 Å². The fourth-order valence-electron chi connectivity index (χ4n) is 3.99. The first-order valence-corrected chi connectivity index (χ1v) is 9.44. The summed E-state index contributed by atoms with van der Waals surface area (Å²) in [6.45, 7) is 0.232. The summed E-state index contributed by atoms with van der Waals surface area (Å²) in [6.07, 6.45) is 4.86. The second-order valence-electron chi connectivity index (χ2n) is 7.17. The number of nitrogens with zero attached hydrogens (tertiary/aromatic N) is 5. The third-order valence-electron chi connectivity index (χ3n) is 5.45. The van der Waals surface area contributed by atoms with Crippen LogP contribution in [-0.4, -0.2) is 31.9 Å². The third-order valence-corrected chi connectivity index (χ3v) is 5.45. The van der Waals surface area contributed by atoms with Crippen LogP contribution in [0.2, 0.25) is 0 Å². The van der Waals surface area contributed by atoms with Crippen LogP contribution >= 0.6 is 0 Å². The van der Waals surface area contributed by atoms with Crippen LogP contribution in [0, 0.1) is 0 Å². The molecule has 1 fully saturated rings. The van der Waals surface area contributed by atoms with Crippen molar-refractivity contribution < 1.29 is 14.0 Å². The van der Waals surface area contributed by atoms with Crippen LogP contribution in [0.25, 0.3) is 33.9 Å². The van der Waals surface area contributed by atoms with E-state index in [1.54, 1.807) is 0 Å². The molecule has 1 aliphatic heterocycles. The number of rotatable bonds is 3. The second-order valence-corrected chi connectivity index (χ2v) is 7.17. The van der Waals surface area contributed by atoms with E-state index >= 15 is 0 Å². The number of hydrogen-bond donors (Lipinski definition) is 0. The molecule has 0 radical (unpaired) electrons. The Balaban J connectivity index is 1.33. The maximum absolute atomic E-state index is 5.46. The minimum atomic E-state index is 0.232. The van der Waals surface area contributed by atoms with Crippen LogP contribution in [0.1, 0.15) is 31.7 Å². The zero-order valence-corrected chi connectivity index (χ0v) is 15.0. The van der Waals surface area contributed by atoms with Gasteiger partial charge < -0.3 is 14.0 Å². The Kier molecular flexibility index (Phi) is 3.37. The van der Waals surface area contributed by atoms with Crippen LogP contribution in [0.5, 0.6) is 11.5 Å². The van der Waals surface area contributed by atoms with Gasteiger partial charge in [-0.05, 0) is 49.2 Å². The largest absolute Gasteiger partial charge is 0.454 e. The van der Waals surface area contributed by atoms with Crippen molar-refractivity contribution in [2.75, 3.05) is 6.79 Å². The highest BCUT2D eigenvalue weighted by Gasteiger charge is 2.21. The minimum absolute atomic E-state index is 0.232.